The summed E-state index contributed by atoms with van der Waals surface area (Å²) in [5.74, 6) is -0.168. The summed E-state index contributed by atoms with van der Waals surface area (Å²) in [6.45, 7) is 6.28. The van der Waals surface area contributed by atoms with Crippen molar-refractivity contribution in [3.8, 4) is 11.8 Å². The molecule has 39 heavy (non-hydrogen) atoms. The average molecular weight is 533 g/mol. The summed E-state index contributed by atoms with van der Waals surface area (Å²) in [6.07, 6.45) is 3.07. The summed E-state index contributed by atoms with van der Waals surface area (Å²) in [7, 11) is 0. The molecule has 0 spiro atoms. The number of hydrogen-bond donors (Lipinski definition) is 2. The first kappa shape index (κ1) is 27.5. The average Bonchev–Trinajstić information content (AvgIpc) is 3.62. The molecule has 0 radical (unpaired) electrons. The lowest BCUT2D eigenvalue weighted by Gasteiger charge is -2.21. The van der Waals surface area contributed by atoms with E-state index in [1.165, 1.54) is 37.1 Å². The van der Waals surface area contributed by atoms with Crippen LogP contribution in [0.15, 0.2) is 83.5 Å². The van der Waals surface area contributed by atoms with E-state index >= 15 is 0 Å². The Hall–Kier alpha value is -4.49. The molecular weight excluding hydrogens is 505 g/mol. The van der Waals surface area contributed by atoms with Crippen LogP contribution < -0.4 is 10.6 Å². The number of anilines is 1. The fourth-order valence-electron chi connectivity index (χ4n) is 4.12. The van der Waals surface area contributed by atoms with Crippen LogP contribution in [0.3, 0.4) is 0 Å². The number of nitrogens with one attached hydrogen (secondary N) is 2. The number of nitrogens with zero attached hydrogens (tertiary/aromatic N) is 4. The monoisotopic (exact) mass is 532 g/mol. The summed E-state index contributed by atoms with van der Waals surface area (Å²) in [5, 5.41) is 19.1. The van der Waals surface area contributed by atoms with Crippen LogP contribution in [0.1, 0.15) is 53.1 Å². The van der Waals surface area contributed by atoms with E-state index in [1.807, 2.05) is 31.2 Å². The molecule has 0 bridgehead atoms. The Morgan fingerprint density at radius 2 is 2.03 bits per heavy atom. The van der Waals surface area contributed by atoms with Gasteiger partial charge in [-0.15, -0.1) is 0 Å². The molecule has 7 nitrogen and oxygen atoms in total. The molecule has 1 heterocycles. The van der Waals surface area contributed by atoms with Crippen LogP contribution in [0, 0.1) is 17.2 Å². The van der Waals surface area contributed by atoms with Crippen molar-refractivity contribution in [1.82, 2.24) is 15.1 Å². The molecule has 1 aromatic heterocycles. The Kier molecular flexibility index (Phi) is 8.42. The van der Waals surface area contributed by atoms with Crippen LogP contribution in [0.4, 0.5) is 18.9 Å². The lowest BCUT2D eigenvalue weighted by Crippen LogP contribution is -2.25. The van der Waals surface area contributed by atoms with Gasteiger partial charge in [-0.1, -0.05) is 30.4 Å². The molecule has 2 N–H and O–H groups in total. The molecule has 10 heteroatoms. The minimum absolute atomic E-state index is 0.158. The number of carbonyl (C=O) groups excluding carboxylic acids is 1. The third-order valence-electron chi connectivity index (χ3n) is 6.17. The summed E-state index contributed by atoms with van der Waals surface area (Å²) in [5.41, 5.74) is 0.955. The second-order valence-electron chi connectivity index (χ2n) is 9.16. The van der Waals surface area contributed by atoms with Gasteiger partial charge in [-0.2, -0.15) is 23.5 Å². The van der Waals surface area contributed by atoms with E-state index < -0.39 is 17.8 Å². The zero-order valence-corrected chi connectivity index (χ0v) is 21.2. The van der Waals surface area contributed by atoms with Crippen molar-refractivity contribution >= 4 is 18.3 Å². The highest BCUT2D eigenvalue weighted by atomic mass is 19.4. The minimum Gasteiger partial charge on any atom is -0.321 e. The number of rotatable bonds is 10. The highest BCUT2D eigenvalue weighted by molar-refractivity contribution is 6.03. The lowest BCUT2D eigenvalue weighted by molar-refractivity contribution is -0.141. The van der Waals surface area contributed by atoms with Crippen molar-refractivity contribution in [2.75, 3.05) is 11.9 Å². The summed E-state index contributed by atoms with van der Waals surface area (Å²) in [6, 6.07) is 15.4. The second kappa shape index (κ2) is 11.9. The Morgan fingerprint density at radius 1 is 1.26 bits per heavy atom. The first-order valence-electron chi connectivity index (χ1n) is 12.3. The Balaban J connectivity index is 1.67. The highest BCUT2D eigenvalue weighted by Gasteiger charge is 2.36. The molecule has 200 valence electrons. The maximum Gasteiger partial charge on any atom is 0.435 e. The standard InChI is InChI=1S/C29H27F3N6O/c1-3-6-22(18-34-2)27(35-17-19-11-12-19)21-8-5-9-23(14-21)36-28(39)25-15-26(29(30,31)32)37-38(25)24-10-4-7-20(13-24)16-33/h3-10,13-15,18-19,27,35H,2,11-12,17H2,1H3,(H,36,39)/b6-3-,22-18+. The number of aliphatic imine (C=N–C) groups is 1. The van der Waals surface area contributed by atoms with Crippen molar-refractivity contribution in [3.63, 3.8) is 0 Å². The van der Waals surface area contributed by atoms with E-state index in [1.54, 1.807) is 24.4 Å². The summed E-state index contributed by atoms with van der Waals surface area (Å²) in [4.78, 5) is 17.2. The zero-order valence-electron chi connectivity index (χ0n) is 21.2. The van der Waals surface area contributed by atoms with Crippen LogP contribution in [0.2, 0.25) is 0 Å². The topological polar surface area (TPSA) is 95.1 Å². The SMILES string of the molecule is C=N/C=C(\C=C/C)C(NCC1CC1)c1cccc(NC(=O)c2cc(C(F)(F)F)nn2-c2cccc(C#N)c2)c1. The molecule has 3 aromatic rings. The molecule has 1 aliphatic carbocycles. The molecular formula is C29H27F3N6O. The van der Waals surface area contributed by atoms with E-state index in [0.717, 1.165) is 22.4 Å². The second-order valence-corrected chi connectivity index (χ2v) is 9.16. The fourth-order valence-corrected chi connectivity index (χ4v) is 4.12. The molecule has 1 saturated carbocycles. The number of carbonyl (C=O) groups is 1. The van der Waals surface area contributed by atoms with Crippen LogP contribution in [-0.4, -0.2) is 28.9 Å². The van der Waals surface area contributed by atoms with Crippen molar-refractivity contribution in [3.05, 3.63) is 101 Å². The molecule has 0 saturated heterocycles. The van der Waals surface area contributed by atoms with Gasteiger partial charge >= 0.3 is 6.18 Å². The first-order chi connectivity index (χ1) is 18.7. The molecule has 1 aliphatic rings. The predicted octanol–water partition coefficient (Wildman–Crippen LogP) is 6.22. The van der Waals surface area contributed by atoms with Gasteiger partial charge in [0.25, 0.3) is 5.91 Å². The molecule has 1 unspecified atom stereocenters. The summed E-state index contributed by atoms with van der Waals surface area (Å²) < 4.78 is 41.5. The van der Waals surface area contributed by atoms with Crippen LogP contribution >= 0.6 is 0 Å². The fraction of sp³-hybridized carbons (Fsp3) is 0.241. The summed E-state index contributed by atoms with van der Waals surface area (Å²) >= 11 is 0. The maximum absolute atomic E-state index is 13.5. The number of allylic oxidation sites excluding steroid dienone is 1. The zero-order chi connectivity index (χ0) is 28.0. The van der Waals surface area contributed by atoms with Gasteiger partial charge in [0.2, 0.25) is 0 Å². The Morgan fingerprint density at radius 3 is 2.69 bits per heavy atom. The molecule has 4 rings (SSSR count). The van der Waals surface area contributed by atoms with Gasteiger partial charge in [-0.05, 0) is 80.4 Å². The number of amides is 1. The molecule has 2 aromatic carbocycles. The van der Waals surface area contributed by atoms with E-state index in [9.17, 15) is 23.2 Å². The number of benzene rings is 2. The molecule has 1 amide bonds. The van der Waals surface area contributed by atoms with Crippen LogP contribution in [-0.2, 0) is 6.18 Å². The van der Waals surface area contributed by atoms with E-state index in [4.69, 9.17) is 0 Å². The van der Waals surface area contributed by atoms with E-state index in [2.05, 4.69) is 27.4 Å². The maximum atomic E-state index is 13.5. The van der Waals surface area contributed by atoms with Gasteiger partial charge in [-0.25, -0.2) is 4.68 Å². The largest absolute Gasteiger partial charge is 0.435 e. The van der Waals surface area contributed by atoms with Crippen molar-refractivity contribution in [2.45, 2.75) is 32.0 Å². The normalized spacial score (nSPS) is 14.7. The number of nitriles is 1. The lowest BCUT2D eigenvalue weighted by atomic mass is 9.98. The van der Waals surface area contributed by atoms with Gasteiger partial charge < -0.3 is 10.6 Å². The van der Waals surface area contributed by atoms with Gasteiger partial charge in [0.15, 0.2) is 5.69 Å². The number of hydrogen-bond acceptors (Lipinski definition) is 5. The van der Waals surface area contributed by atoms with Crippen LogP contribution in [0.5, 0.6) is 0 Å². The quantitative estimate of drug-likeness (QED) is 0.240. The van der Waals surface area contributed by atoms with Gasteiger partial charge in [0.1, 0.15) is 5.69 Å². The number of aromatic nitrogens is 2. The van der Waals surface area contributed by atoms with Crippen LogP contribution in [0.25, 0.3) is 5.69 Å². The minimum atomic E-state index is -4.76. The number of alkyl halides is 3. The van der Waals surface area contributed by atoms with Gasteiger partial charge in [0.05, 0.1) is 23.4 Å². The molecule has 0 aliphatic heterocycles. The van der Waals surface area contributed by atoms with Crippen molar-refractivity contribution < 1.29 is 18.0 Å². The van der Waals surface area contributed by atoms with Gasteiger partial charge in [0, 0.05) is 18.0 Å². The third-order valence-corrected chi connectivity index (χ3v) is 6.17. The van der Waals surface area contributed by atoms with Crippen molar-refractivity contribution in [2.24, 2.45) is 10.9 Å². The predicted molar refractivity (Wildman–Crippen MR) is 144 cm³/mol. The van der Waals surface area contributed by atoms with E-state index in [0.29, 0.717) is 17.7 Å². The van der Waals surface area contributed by atoms with Gasteiger partial charge in [-0.3, -0.25) is 9.79 Å². The highest BCUT2D eigenvalue weighted by Crippen LogP contribution is 2.32. The Labute approximate surface area is 224 Å². The first-order valence-corrected chi connectivity index (χ1v) is 12.3. The molecule has 1 fully saturated rings. The number of halogens is 3. The van der Waals surface area contributed by atoms with Crippen molar-refractivity contribution in [1.29, 1.82) is 5.26 Å². The Bertz CT molecular complexity index is 1460. The van der Waals surface area contributed by atoms with E-state index in [-0.39, 0.29) is 23.0 Å². The molecule has 1 atom stereocenters. The third kappa shape index (κ3) is 6.89. The smallest absolute Gasteiger partial charge is 0.321 e.